The molecule has 0 aliphatic carbocycles. The van der Waals surface area contributed by atoms with Gasteiger partial charge < -0.3 is 13.8 Å². The maximum atomic E-state index is 13.7. The van der Waals surface area contributed by atoms with Crippen LogP contribution in [0.3, 0.4) is 0 Å². The fraction of sp³-hybridized carbons (Fsp3) is 0.391. The van der Waals surface area contributed by atoms with Crippen LogP contribution in [0.25, 0.3) is 0 Å². The van der Waals surface area contributed by atoms with E-state index in [1.54, 1.807) is 29.3 Å². The Kier molecular flexibility index (Phi) is 8.76. The number of benzene rings is 2. The van der Waals surface area contributed by atoms with Crippen LogP contribution in [-0.4, -0.2) is 52.3 Å². The van der Waals surface area contributed by atoms with Crippen LogP contribution in [0.5, 0.6) is 5.75 Å². The van der Waals surface area contributed by atoms with Gasteiger partial charge in [-0.15, -0.1) is 4.40 Å². The Labute approximate surface area is 201 Å². The summed E-state index contributed by atoms with van der Waals surface area (Å²) in [5.74, 6) is 0.0157. The average molecular weight is 510 g/mol. The van der Waals surface area contributed by atoms with Crippen molar-refractivity contribution >= 4 is 35.8 Å². The Morgan fingerprint density at radius 2 is 1.85 bits per heavy atom. The summed E-state index contributed by atoms with van der Waals surface area (Å²) < 4.78 is 60.0. The van der Waals surface area contributed by atoms with E-state index in [1.165, 1.54) is 25.5 Å². The van der Waals surface area contributed by atoms with Gasteiger partial charge in [0.05, 0.1) is 26.5 Å². The van der Waals surface area contributed by atoms with Crippen LogP contribution in [0.15, 0.2) is 50.8 Å². The molecule has 0 fully saturated rings. The first-order valence-corrected chi connectivity index (χ1v) is 13.5. The van der Waals surface area contributed by atoms with Crippen molar-refractivity contribution in [2.45, 2.75) is 32.6 Å². The summed E-state index contributed by atoms with van der Waals surface area (Å²) in [5.41, 5.74) is 1.06. The number of hydrogen-bond donors (Lipinski definition) is 0. The van der Waals surface area contributed by atoms with Gasteiger partial charge in [0.25, 0.3) is 10.0 Å². The fourth-order valence-corrected chi connectivity index (χ4v) is 5.86. The highest BCUT2D eigenvalue weighted by atomic mass is 32.2. The van der Waals surface area contributed by atoms with Crippen molar-refractivity contribution in [1.82, 2.24) is 5.01 Å². The molecular formula is C23H29FN3O5PS. The van der Waals surface area contributed by atoms with Gasteiger partial charge in [0.15, 0.2) is 17.4 Å². The van der Waals surface area contributed by atoms with E-state index < -0.39 is 24.2 Å². The molecule has 1 heterocycles. The lowest BCUT2D eigenvalue weighted by Gasteiger charge is -2.21. The van der Waals surface area contributed by atoms with Crippen LogP contribution in [0.2, 0.25) is 0 Å². The third kappa shape index (κ3) is 5.99. The topological polar surface area (TPSA) is 89.8 Å². The number of sulfonamides is 1. The van der Waals surface area contributed by atoms with Crippen molar-refractivity contribution in [3.63, 3.8) is 0 Å². The van der Waals surface area contributed by atoms with Gasteiger partial charge in [-0.1, -0.05) is 19.9 Å². The minimum atomic E-state index is -3.92. The molecule has 34 heavy (non-hydrogen) atoms. The summed E-state index contributed by atoms with van der Waals surface area (Å²) >= 11 is 0. The second kappa shape index (κ2) is 11.4. The van der Waals surface area contributed by atoms with Gasteiger partial charge in [0, 0.05) is 17.4 Å². The van der Waals surface area contributed by atoms with Crippen molar-refractivity contribution in [3.05, 3.63) is 53.3 Å². The predicted octanol–water partition coefficient (Wildman–Crippen LogP) is 4.29. The molecule has 0 saturated heterocycles. The smallest absolute Gasteiger partial charge is 0.285 e. The number of rotatable bonds is 10. The van der Waals surface area contributed by atoms with Crippen LogP contribution in [-0.2, 0) is 19.1 Å². The van der Waals surface area contributed by atoms with Gasteiger partial charge in [-0.05, 0) is 55.7 Å². The third-order valence-electron chi connectivity index (χ3n) is 4.70. The molecule has 0 aromatic heterocycles. The van der Waals surface area contributed by atoms with E-state index >= 15 is 0 Å². The molecule has 2 aromatic carbocycles. The Balaban J connectivity index is 1.99. The lowest BCUT2D eigenvalue weighted by molar-refractivity contribution is 0.277. The lowest BCUT2D eigenvalue weighted by Crippen LogP contribution is -2.30. The molecule has 0 atom stereocenters. The van der Waals surface area contributed by atoms with Gasteiger partial charge in [0.2, 0.25) is 8.38 Å². The SMILES string of the molecule is CCOP(OCC)c1ccc2c(c1)S(=O)(=O)N=C2N(CC(C)C)/N=C/c1ccc(F)c(OC)c1. The van der Waals surface area contributed by atoms with E-state index in [4.69, 9.17) is 13.8 Å². The molecule has 3 rings (SSSR count). The number of hydrogen-bond acceptors (Lipinski definition) is 7. The summed E-state index contributed by atoms with van der Waals surface area (Å²) in [6.07, 6.45) is 1.52. The Morgan fingerprint density at radius 3 is 2.47 bits per heavy atom. The van der Waals surface area contributed by atoms with E-state index in [1.807, 2.05) is 27.7 Å². The molecule has 0 spiro atoms. The number of amidine groups is 1. The monoisotopic (exact) mass is 509 g/mol. The van der Waals surface area contributed by atoms with Crippen molar-refractivity contribution in [2.24, 2.45) is 15.4 Å². The normalized spacial score (nSPS) is 14.6. The summed E-state index contributed by atoms with van der Waals surface area (Å²) in [6, 6.07) is 9.45. The summed E-state index contributed by atoms with van der Waals surface area (Å²) in [6.45, 7) is 9.03. The minimum absolute atomic E-state index is 0.0955. The first-order valence-electron chi connectivity index (χ1n) is 10.9. The van der Waals surface area contributed by atoms with E-state index in [2.05, 4.69) is 9.50 Å². The Hall–Kier alpha value is -2.39. The van der Waals surface area contributed by atoms with Gasteiger partial charge in [0.1, 0.15) is 4.90 Å². The fourth-order valence-electron chi connectivity index (χ4n) is 3.27. The highest BCUT2D eigenvalue weighted by molar-refractivity contribution is 7.90. The third-order valence-corrected chi connectivity index (χ3v) is 7.69. The van der Waals surface area contributed by atoms with Crippen LogP contribution in [0.4, 0.5) is 4.39 Å². The molecule has 11 heteroatoms. The van der Waals surface area contributed by atoms with Crippen LogP contribution in [0, 0.1) is 11.7 Å². The minimum Gasteiger partial charge on any atom is -0.494 e. The molecule has 0 unspecified atom stereocenters. The number of halogens is 1. The molecule has 0 saturated carbocycles. The number of fused-ring (bicyclic) bond motifs is 1. The Morgan fingerprint density at radius 1 is 1.15 bits per heavy atom. The van der Waals surface area contributed by atoms with E-state index in [0.29, 0.717) is 36.2 Å². The molecule has 0 N–H and O–H groups in total. The van der Waals surface area contributed by atoms with E-state index in [0.717, 1.165) is 0 Å². The highest BCUT2D eigenvalue weighted by Gasteiger charge is 2.33. The molecule has 184 valence electrons. The van der Waals surface area contributed by atoms with E-state index in [9.17, 15) is 12.8 Å². The second-order valence-corrected chi connectivity index (χ2v) is 10.9. The largest absolute Gasteiger partial charge is 0.494 e. The lowest BCUT2D eigenvalue weighted by atomic mass is 10.1. The zero-order chi connectivity index (χ0) is 24.9. The van der Waals surface area contributed by atoms with Crippen LogP contribution < -0.4 is 10.0 Å². The summed E-state index contributed by atoms with van der Waals surface area (Å²) in [7, 11) is -3.93. The number of methoxy groups -OCH3 is 1. The van der Waals surface area contributed by atoms with Crippen molar-refractivity contribution < 1.29 is 26.6 Å². The first-order chi connectivity index (χ1) is 16.2. The Bertz CT molecular complexity index is 1180. The number of ether oxygens (including phenoxy) is 1. The molecular weight excluding hydrogens is 480 g/mol. The van der Waals surface area contributed by atoms with Crippen molar-refractivity contribution in [1.29, 1.82) is 0 Å². The molecule has 1 aliphatic heterocycles. The maximum absolute atomic E-state index is 13.7. The standard InChI is InChI=1S/C23H29FN3O5PS/c1-6-31-33(32-7-2)18-9-10-19-22(13-18)34(28,29)26-23(19)27(15-16(3)4)25-14-17-8-11-20(24)21(12-17)30-5/h8-14,16H,6-7,15H2,1-5H3/b25-14+. The van der Waals surface area contributed by atoms with Gasteiger partial charge in [-0.2, -0.15) is 13.5 Å². The van der Waals surface area contributed by atoms with Crippen molar-refractivity contribution in [3.8, 4) is 5.75 Å². The molecule has 1 aliphatic rings. The average Bonchev–Trinajstić information content (AvgIpc) is 3.07. The van der Waals surface area contributed by atoms with Gasteiger partial charge >= 0.3 is 0 Å². The predicted molar refractivity (Wildman–Crippen MR) is 132 cm³/mol. The number of nitrogens with zero attached hydrogens (tertiary/aromatic N) is 3. The molecule has 8 nitrogen and oxygen atoms in total. The first kappa shape index (κ1) is 26.2. The van der Waals surface area contributed by atoms with Crippen LogP contribution in [0.1, 0.15) is 38.8 Å². The van der Waals surface area contributed by atoms with Crippen molar-refractivity contribution in [2.75, 3.05) is 26.9 Å². The summed E-state index contributed by atoms with van der Waals surface area (Å²) in [4.78, 5) is 0.0966. The zero-order valence-electron chi connectivity index (χ0n) is 19.9. The second-order valence-electron chi connectivity index (χ2n) is 7.78. The molecule has 0 amide bonds. The molecule has 0 radical (unpaired) electrons. The molecule has 2 aromatic rings. The maximum Gasteiger partial charge on any atom is 0.285 e. The van der Waals surface area contributed by atoms with Gasteiger partial charge in [-0.25, -0.2) is 9.40 Å². The number of hydrazone groups is 1. The highest BCUT2D eigenvalue weighted by Crippen LogP contribution is 2.39. The quantitative estimate of drug-likeness (QED) is 0.270. The van der Waals surface area contributed by atoms with E-state index in [-0.39, 0.29) is 22.4 Å². The zero-order valence-corrected chi connectivity index (χ0v) is 21.6. The van der Waals surface area contributed by atoms with Crippen LogP contribution >= 0.6 is 8.38 Å². The summed E-state index contributed by atoms with van der Waals surface area (Å²) in [5, 5.41) is 6.71. The molecule has 0 bridgehead atoms. The van der Waals surface area contributed by atoms with Gasteiger partial charge in [-0.3, -0.25) is 0 Å².